The molecule has 2 fully saturated rings. The predicted octanol–water partition coefficient (Wildman–Crippen LogP) is 0.843. The fourth-order valence-corrected chi connectivity index (χ4v) is 3.36. The summed E-state index contributed by atoms with van der Waals surface area (Å²) in [5, 5.41) is 18.8. The molecule has 3 N–H and O–H groups in total. The zero-order chi connectivity index (χ0) is 19.8. The van der Waals surface area contributed by atoms with Crippen molar-refractivity contribution in [1.29, 1.82) is 0 Å². The molecule has 27 heavy (non-hydrogen) atoms. The summed E-state index contributed by atoms with van der Waals surface area (Å²) < 4.78 is 24.6. The summed E-state index contributed by atoms with van der Waals surface area (Å²) in [6.07, 6.45) is -1.22. The fraction of sp³-hybridized carbons (Fsp3) is 0.765. The van der Waals surface area contributed by atoms with Crippen LogP contribution in [0.4, 0.5) is 5.82 Å². The Labute approximate surface area is 157 Å². The van der Waals surface area contributed by atoms with Gasteiger partial charge < -0.3 is 24.1 Å². The Morgan fingerprint density at radius 2 is 2.07 bits per heavy atom. The normalized spacial score (nSPS) is 30.5. The summed E-state index contributed by atoms with van der Waals surface area (Å²) in [5.41, 5.74) is 1.23. The number of aliphatic hydroxyl groups is 1. The average Bonchev–Trinajstić information content (AvgIpc) is 3.05. The molecule has 1 aromatic heterocycles. The molecule has 0 aliphatic carbocycles. The molecule has 10 nitrogen and oxygen atoms in total. The van der Waals surface area contributed by atoms with Crippen molar-refractivity contribution in [2.75, 3.05) is 12.1 Å². The van der Waals surface area contributed by atoms with E-state index in [1.807, 2.05) is 19.3 Å². The Morgan fingerprint density at radius 1 is 1.37 bits per heavy atom. The molecular formula is C17H27N3O7. The molecule has 10 heteroatoms. The van der Waals surface area contributed by atoms with Crippen LogP contribution in [-0.2, 0) is 18.9 Å². The summed E-state index contributed by atoms with van der Waals surface area (Å²) >= 11 is 0. The molecule has 2 saturated heterocycles. The SMILES string of the molecule is CC(C)CC(O)OC[C@H]1O[C@@H](n2ccc(NO)nc2=O)[C@@H]2OC(C)(C)O[C@@H]21. The molecule has 152 valence electrons. The number of fused-ring (bicyclic) bond motifs is 1. The van der Waals surface area contributed by atoms with E-state index in [1.54, 1.807) is 13.8 Å². The van der Waals surface area contributed by atoms with E-state index in [9.17, 15) is 9.90 Å². The van der Waals surface area contributed by atoms with E-state index in [1.165, 1.54) is 16.8 Å². The van der Waals surface area contributed by atoms with Crippen LogP contribution in [0.15, 0.2) is 17.1 Å². The highest BCUT2D eigenvalue weighted by Gasteiger charge is 2.56. The van der Waals surface area contributed by atoms with Gasteiger partial charge in [-0.05, 0) is 25.8 Å². The average molecular weight is 385 g/mol. The van der Waals surface area contributed by atoms with E-state index in [2.05, 4.69) is 4.98 Å². The molecule has 0 radical (unpaired) electrons. The van der Waals surface area contributed by atoms with Crippen LogP contribution in [0.2, 0.25) is 0 Å². The van der Waals surface area contributed by atoms with E-state index in [-0.39, 0.29) is 12.4 Å². The van der Waals surface area contributed by atoms with Gasteiger partial charge in [-0.2, -0.15) is 4.98 Å². The van der Waals surface area contributed by atoms with Crippen molar-refractivity contribution in [3.05, 3.63) is 22.7 Å². The minimum Gasteiger partial charge on any atom is -0.368 e. The number of nitrogens with zero attached hydrogens (tertiary/aromatic N) is 2. The van der Waals surface area contributed by atoms with Crippen LogP contribution in [-0.4, -0.2) is 56.9 Å². The molecule has 3 rings (SSSR count). The first-order valence-electron chi connectivity index (χ1n) is 9.00. The molecule has 5 atom stereocenters. The number of hydrogen-bond donors (Lipinski definition) is 3. The highest BCUT2D eigenvalue weighted by Crippen LogP contribution is 2.42. The number of nitrogens with one attached hydrogen (secondary N) is 1. The Morgan fingerprint density at radius 3 is 2.70 bits per heavy atom. The Kier molecular flexibility index (Phi) is 5.84. The second-order valence-electron chi connectivity index (χ2n) is 7.66. The number of aromatic nitrogens is 2. The maximum atomic E-state index is 12.3. The van der Waals surface area contributed by atoms with Gasteiger partial charge in [0.2, 0.25) is 0 Å². The third kappa shape index (κ3) is 4.48. The number of ether oxygens (including phenoxy) is 4. The number of hydrogen-bond acceptors (Lipinski definition) is 9. The summed E-state index contributed by atoms with van der Waals surface area (Å²) in [5.74, 6) is -0.514. The molecule has 2 aliphatic rings. The third-order valence-corrected chi connectivity index (χ3v) is 4.47. The van der Waals surface area contributed by atoms with Gasteiger partial charge in [-0.25, -0.2) is 4.79 Å². The highest BCUT2D eigenvalue weighted by atomic mass is 16.8. The number of anilines is 1. The van der Waals surface area contributed by atoms with Gasteiger partial charge >= 0.3 is 5.69 Å². The van der Waals surface area contributed by atoms with Crippen LogP contribution in [0.5, 0.6) is 0 Å². The lowest BCUT2D eigenvalue weighted by Crippen LogP contribution is -2.35. The smallest absolute Gasteiger partial charge is 0.351 e. The highest BCUT2D eigenvalue weighted by molar-refractivity contribution is 5.28. The zero-order valence-electron chi connectivity index (χ0n) is 15.9. The van der Waals surface area contributed by atoms with E-state index in [0.29, 0.717) is 12.3 Å². The maximum absolute atomic E-state index is 12.3. The molecule has 0 bridgehead atoms. The molecule has 2 aliphatic heterocycles. The van der Waals surface area contributed by atoms with Crippen molar-refractivity contribution in [2.45, 2.75) is 70.7 Å². The van der Waals surface area contributed by atoms with E-state index in [4.69, 9.17) is 24.2 Å². The Bertz CT molecular complexity index is 708. The van der Waals surface area contributed by atoms with Crippen LogP contribution in [0.1, 0.15) is 40.3 Å². The van der Waals surface area contributed by atoms with E-state index >= 15 is 0 Å². The number of rotatable bonds is 7. The summed E-state index contributed by atoms with van der Waals surface area (Å²) in [7, 11) is 0. The van der Waals surface area contributed by atoms with Crippen LogP contribution >= 0.6 is 0 Å². The van der Waals surface area contributed by atoms with Gasteiger partial charge in [0.25, 0.3) is 0 Å². The van der Waals surface area contributed by atoms with Crippen molar-refractivity contribution < 1.29 is 29.3 Å². The van der Waals surface area contributed by atoms with E-state index in [0.717, 1.165) is 0 Å². The quantitative estimate of drug-likeness (QED) is 0.462. The van der Waals surface area contributed by atoms with Gasteiger partial charge in [0, 0.05) is 12.6 Å². The fourth-order valence-electron chi connectivity index (χ4n) is 3.36. The van der Waals surface area contributed by atoms with Gasteiger partial charge in [-0.15, -0.1) is 0 Å². The largest absolute Gasteiger partial charge is 0.368 e. The Hall–Kier alpha value is -1.56. The van der Waals surface area contributed by atoms with Gasteiger partial charge in [-0.1, -0.05) is 13.8 Å². The first-order valence-corrected chi connectivity index (χ1v) is 9.00. The Balaban J connectivity index is 1.77. The summed E-state index contributed by atoms with van der Waals surface area (Å²) in [6.45, 7) is 7.65. The third-order valence-electron chi connectivity index (χ3n) is 4.47. The molecule has 1 unspecified atom stereocenters. The summed E-state index contributed by atoms with van der Waals surface area (Å²) in [4.78, 5) is 16.0. The monoisotopic (exact) mass is 385 g/mol. The lowest BCUT2D eigenvalue weighted by atomic mass is 10.1. The molecule has 1 aromatic rings. The first kappa shape index (κ1) is 20.2. The van der Waals surface area contributed by atoms with Crippen molar-refractivity contribution >= 4 is 5.82 Å². The molecule has 3 heterocycles. The van der Waals surface area contributed by atoms with Gasteiger partial charge in [0.1, 0.15) is 18.3 Å². The minimum atomic E-state index is -0.902. The topological polar surface area (TPSA) is 124 Å². The maximum Gasteiger partial charge on any atom is 0.351 e. The van der Waals surface area contributed by atoms with Crippen LogP contribution < -0.4 is 11.2 Å². The lowest BCUT2D eigenvalue weighted by Gasteiger charge is -2.25. The first-order chi connectivity index (χ1) is 12.7. The number of aliphatic hydroxyl groups excluding tert-OH is 1. The van der Waals surface area contributed by atoms with Gasteiger partial charge in [-0.3, -0.25) is 15.3 Å². The van der Waals surface area contributed by atoms with Crippen molar-refractivity contribution in [3.8, 4) is 0 Å². The van der Waals surface area contributed by atoms with Crippen LogP contribution in [0.3, 0.4) is 0 Å². The van der Waals surface area contributed by atoms with Crippen molar-refractivity contribution in [2.24, 2.45) is 5.92 Å². The van der Waals surface area contributed by atoms with Crippen molar-refractivity contribution in [1.82, 2.24) is 9.55 Å². The standard InChI is InChI=1S/C17H27N3O7/c1-9(2)7-12(21)24-8-10-13-14(27-17(3,4)26-13)15(25-10)20-6-5-11(19-23)18-16(20)22/h5-6,9-10,12-15,21,23H,7-8H2,1-4H3,(H,18,19,22)/t10-,12?,13-,14-,15-/m1/s1. The molecule has 0 spiro atoms. The molecule has 0 amide bonds. The molecule has 0 aromatic carbocycles. The lowest BCUT2D eigenvalue weighted by molar-refractivity contribution is -0.211. The van der Waals surface area contributed by atoms with Crippen LogP contribution in [0, 0.1) is 5.92 Å². The van der Waals surface area contributed by atoms with Gasteiger partial charge in [0.05, 0.1) is 6.61 Å². The second-order valence-corrected chi connectivity index (χ2v) is 7.66. The molecule has 0 saturated carbocycles. The summed E-state index contributed by atoms with van der Waals surface area (Å²) in [6, 6.07) is 1.44. The molecular weight excluding hydrogens is 358 g/mol. The minimum absolute atomic E-state index is 0.0337. The van der Waals surface area contributed by atoms with Crippen LogP contribution in [0.25, 0.3) is 0 Å². The van der Waals surface area contributed by atoms with E-state index < -0.39 is 42.3 Å². The predicted molar refractivity (Wildman–Crippen MR) is 93.1 cm³/mol. The van der Waals surface area contributed by atoms with Crippen molar-refractivity contribution in [3.63, 3.8) is 0 Å². The second kappa shape index (κ2) is 7.82. The zero-order valence-corrected chi connectivity index (χ0v) is 15.9. The van der Waals surface area contributed by atoms with Gasteiger partial charge in [0.15, 0.2) is 24.1 Å².